The smallest absolute Gasteiger partial charge is 0.266 e. The van der Waals surface area contributed by atoms with Crippen molar-refractivity contribution in [3.8, 4) is 17.6 Å². The topological polar surface area (TPSA) is 71.3 Å². The van der Waals surface area contributed by atoms with Crippen molar-refractivity contribution in [2.24, 2.45) is 0 Å². The number of ether oxygens (including phenoxy) is 2. The molecule has 0 unspecified atom stereocenters. The Morgan fingerprint density at radius 2 is 1.82 bits per heavy atom. The molecule has 0 spiro atoms. The first-order valence-corrected chi connectivity index (χ1v) is 11.8. The number of carbonyl (C=O) groups excluding carboxylic acids is 1. The number of hydrogen-bond donors (Lipinski definition) is 1. The van der Waals surface area contributed by atoms with Crippen LogP contribution in [0.4, 0.5) is 5.69 Å². The van der Waals surface area contributed by atoms with Crippen LogP contribution in [0.15, 0.2) is 69.1 Å². The van der Waals surface area contributed by atoms with Crippen LogP contribution in [-0.4, -0.2) is 13.0 Å². The fourth-order valence-electron chi connectivity index (χ4n) is 2.76. The average Bonchev–Trinajstić information content (AvgIpc) is 2.79. The Kier molecular flexibility index (Phi) is 8.81. The Morgan fingerprint density at radius 3 is 2.45 bits per heavy atom. The minimum Gasteiger partial charge on any atom is -0.493 e. The molecule has 3 rings (SSSR count). The van der Waals surface area contributed by atoms with Crippen LogP contribution in [0.1, 0.15) is 11.1 Å². The lowest BCUT2D eigenvalue weighted by Gasteiger charge is -2.14. The Hall–Kier alpha value is -2.50. The third kappa shape index (κ3) is 6.75. The molecule has 0 heterocycles. The maximum absolute atomic E-state index is 12.6. The van der Waals surface area contributed by atoms with Gasteiger partial charge in [-0.2, -0.15) is 5.26 Å². The van der Waals surface area contributed by atoms with Gasteiger partial charge < -0.3 is 14.8 Å². The number of rotatable bonds is 7. The van der Waals surface area contributed by atoms with Gasteiger partial charge in [-0.15, -0.1) is 0 Å². The summed E-state index contributed by atoms with van der Waals surface area (Å²) in [4.78, 5) is 12.6. The maximum atomic E-state index is 12.6. The molecule has 5 nitrogen and oxygen atoms in total. The van der Waals surface area contributed by atoms with E-state index in [0.29, 0.717) is 37.3 Å². The van der Waals surface area contributed by atoms with Gasteiger partial charge in [-0.05, 0) is 60.2 Å². The molecule has 3 aromatic rings. The third-order valence-electron chi connectivity index (χ3n) is 4.45. The van der Waals surface area contributed by atoms with E-state index in [4.69, 9.17) is 32.7 Å². The van der Waals surface area contributed by atoms with Gasteiger partial charge in [0.15, 0.2) is 11.5 Å². The summed E-state index contributed by atoms with van der Waals surface area (Å²) in [6.45, 7) is 0.201. The largest absolute Gasteiger partial charge is 0.493 e. The van der Waals surface area contributed by atoms with Gasteiger partial charge in [-0.3, -0.25) is 4.79 Å². The van der Waals surface area contributed by atoms with Crippen LogP contribution >= 0.6 is 55.1 Å². The standard InChI is InChI=1S/C24H16Br2Cl2N2O3/c1-32-22-9-15(8-16(12-29)24(31)30-19-6-3-17(25)4-7-19)20(26)11-23(22)33-13-14-2-5-18(27)10-21(14)28/h2-11H,13H2,1H3,(H,30,31)/b16-8+. The summed E-state index contributed by atoms with van der Waals surface area (Å²) >= 11 is 19.0. The van der Waals surface area contributed by atoms with Crippen LogP contribution in [0.3, 0.4) is 0 Å². The molecule has 0 aliphatic heterocycles. The second-order valence-electron chi connectivity index (χ2n) is 6.68. The van der Waals surface area contributed by atoms with Crippen molar-refractivity contribution < 1.29 is 14.3 Å². The van der Waals surface area contributed by atoms with Gasteiger partial charge in [0, 0.05) is 30.2 Å². The SMILES string of the molecule is COc1cc(/C=C(\C#N)C(=O)Nc2ccc(Br)cc2)c(Br)cc1OCc1ccc(Cl)cc1Cl. The summed E-state index contributed by atoms with van der Waals surface area (Å²) in [6, 6.07) is 17.5. The predicted octanol–water partition coefficient (Wildman–Crippen LogP) is 7.65. The van der Waals surface area contributed by atoms with Gasteiger partial charge in [0.2, 0.25) is 0 Å². The van der Waals surface area contributed by atoms with Crippen LogP contribution in [0.2, 0.25) is 10.0 Å². The fourth-order valence-corrected chi connectivity index (χ4v) is 3.93. The molecule has 168 valence electrons. The zero-order valence-electron chi connectivity index (χ0n) is 17.2. The molecule has 33 heavy (non-hydrogen) atoms. The average molecular weight is 611 g/mol. The first-order valence-electron chi connectivity index (χ1n) is 9.43. The van der Waals surface area contributed by atoms with Crippen LogP contribution in [-0.2, 0) is 11.4 Å². The second-order valence-corrected chi connectivity index (χ2v) is 9.29. The van der Waals surface area contributed by atoms with Crippen LogP contribution in [0.5, 0.6) is 11.5 Å². The summed E-state index contributed by atoms with van der Waals surface area (Å²) in [5.74, 6) is 0.369. The molecule has 0 aliphatic rings. The number of nitriles is 1. The highest BCUT2D eigenvalue weighted by Gasteiger charge is 2.14. The number of nitrogens with one attached hydrogen (secondary N) is 1. The molecule has 0 aliphatic carbocycles. The third-order valence-corrected chi connectivity index (χ3v) is 6.25. The number of amides is 1. The first-order chi connectivity index (χ1) is 15.8. The monoisotopic (exact) mass is 608 g/mol. The van der Waals surface area contributed by atoms with Crippen molar-refractivity contribution in [2.75, 3.05) is 12.4 Å². The molecule has 0 saturated heterocycles. The highest BCUT2D eigenvalue weighted by atomic mass is 79.9. The zero-order chi connectivity index (χ0) is 24.0. The molecule has 0 saturated carbocycles. The van der Waals surface area contributed by atoms with E-state index in [9.17, 15) is 10.1 Å². The van der Waals surface area contributed by atoms with Gasteiger partial charge in [-0.1, -0.05) is 61.1 Å². The van der Waals surface area contributed by atoms with Crippen LogP contribution in [0, 0.1) is 11.3 Å². The van der Waals surface area contributed by atoms with Crippen molar-refractivity contribution in [2.45, 2.75) is 6.61 Å². The number of benzene rings is 3. The normalized spacial score (nSPS) is 11.0. The number of nitrogens with zero attached hydrogens (tertiary/aromatic N) is 1. The van der Waals surface area contributed by atoms with Gasteiger partial charge in [0.05, 0.1) is 7.11 Å². The van der Waals surface area contributed by atoms with E-state index >= 15 is 0 Å². The first kappa shape index (κ1) is 25.1. The Morgan fingerprint density at radius 1 is 1.09 bits per heavy atom. The van der Waals surface area contributed by atoms with Gasteiger partial charge in [-0.25, -0.2) is 0 Å². The van der Waals surface area contributed by atoms with Crippen molar-refractivity contribution in [1.29, 1.82) is 5.26 Å². The number of anilines is 1. The lowest BCUT2D eigenvalue weighted by atomic mass is 10.1. The molecule has 1 N–H and O–H groups in total. The molecule has 0 bridgehead atoms. The lowest BCUT2D eigenvalue weighted by molar-refractivity contribution is -0.112. The highest BCUT2D eigenvalue weighted by molar-refractivity contribution is 9.10. The molecule has 0 fully saturated rings. The quantitative estimate of drug-likeness (QED) is 0.220. The van der Waals surface area contributed by atoms with Crippen LogP contribution < -0.4 is 14.8 Å². The second kappa shape index (κ2) is 11.6. The van der Waals surface area contributed by atoms with Crippen molar-refractivity contribution in [1.82, 2.24) is 0 Å². The van der Waals surface area contributed by atoms with E-state index in [-0.39, 0.29) is 12.2 Å². The highest BCUT2D eigenvalue weighted by Crippen LogP contribution is 2.35. The van der Waals surface area contributed by atoms with Crippen LogP contribution in [0.25, 0.3) is 6.08 Å². The van der Waals surface area contributed by atoms with Gasteiger partial charge >= 0.3 is 0 Å². The molecule has 0 aromatic heterocycles. The molecule has 0 radical (unpaired) electrons. The summed E-state index contributed by atoms with van der Waals surface area (Å²) < 4.78 is 12.8. The minimum absolute atomic E-state index is 0.0673. The summed E-state index contributed by atoms with van der Waals surface area (Å²) in [7, 11) is 1.50. The minimum atomic E-state index is -0.525. The van der Waals surface area contributed by atoms with E-state index in [0.717, 1.165) is 10.0 Å². The molecular formula is C24H16Br2Cl2N2O3. The van der Waals surface area contributed by atoms with E-state index in [1.807, 2.05) is 6.07 Å². The van der Waals surface area contributed by atoms with Crippen molar-refractivity contribution in [3.05, 3.63) is 90.3 Å². The van der Waals surface area contributed by atoms with Crippen molar-refractivity contribution >= 4 is 72.7 Å². The van der Waals surface area contributed by atoms with E-state index < -0.39 is 5.91 Å². The molecular weight excluding hydrogens is 595 g/mol. The summed E-state index contributed by atoms with van der Waals surface area (Å²) in [5, 5.41) is 13.3. The van der Waals surface area contributed by atoms with Crippen molar-refractivity contribution in [3.63, 3.8) is 0 Å². The lowest BCUT2D eigenvalue weighted by Crippen LogP contribution is -2.13. The molecule has 9 heteroatoms. The summed E-state index contributed by atoms with van der Waals surface area (Å²) in [6.07, 6.45) is 1.47. The molecule has 1 amide bonds. The Bertz CT molecular complexity index is 1260. The number of methoxy groups -OCH3 is 1. The maximum Gasteiger partial charge on any atom is 0.266 e. The Labute approximate surface area is 218 Å². The summed E-state index contributed by atoms with van der Waals surface area (Å²) in [5.41, 5.74) is 1.85. The molecule has 3 aromatic carbocycles. The predicted molar refractivity (Wildman–Crippen MR) is 138 cm³/mol. The molecule has 0 atom stereocenters. The number of hydrogen-bond acceptors (Lipinski definition) is 4. The number of carbonyl (C=O) groups is 1. The van der Waals surface area contributed by atoms with E-state index in [2.05, 4.69) is 37.2 Å². The fraction of sp³-hybridized carbons (Fsp3) is 0.0833. The van der Waals surface area contributed by atoms with Gasteiger partial charge in [0.1, 0.15) is 18.2 Å². The van der Waals surface area contributed by atoms with E-state index in [1.165, 1.54) is 13.2 Å². The van der Waals surface area contributed by atoms with Gasteiger partial charge in [0.25, 0.3) is 5.91 Å². The number of halogens is 4. The Balaban J connectivity index is 1.82. The van der Waals surface area contributed by atoms with E-state index in [1.54, 1.807) is 54.6 Å². The zero-order valence-corrected chi connectivity index (χ0v) is 21.8.